The molecule has 1 aromatic rings. The van der Waals surface area contributed by atoms with Crippen LogP contribution in [0.5, 0.6) is 0 Å². The Bertz CT molecular complexity index is 351. The highest BCUT2D eigenvalue weighted by Crippen LogP contribution is 2.35. The van der Waals surface area contributed by atoms with Crippen LogP contribution in [0.4, 0.5) is 4.39 Å². The van der Waals surface area contributed by atoms with E-state index in [1.807, 2.05) is 6.07 Å². The Morgan fingerprint density at radius 2 is 1.95 bits per heavy atom. The molecule has 1 aromatic carbocycles. The Morgan fingerprint density at radius 1 is 1.16 bits per heavy atom. The van der Waals surface area contributed by atoms with Crippen molar-refractivity contribution in [1.29, 1.82) is 0 Å². The zero-order chi connectivity index (χ0) is 14.1. The molecule has 0 amide bonds. The van der Waals surface area contributed by atoms with Gasteiger partial charge in [-0.25, -0.2) is 4.39 Å². The lowest BCUT2D eigenvalue weighted by Gasteiger charge is -2.27. The highest BCUT2D eigenvalue weighted by molar-refractivity contribution is 5.21. The van der Waals surface area contributed by atoms with Crippen LogP contribution in [0.15, 0.2) is 24.3 Å². The largest absolute Gasteiger partial charge is 0.330 e. The highest BCUT2D eigenvalue weighted by Gasteiger charge is 2.21. The van der Waals surface area contributed by atoms with Gasteiger partial charge < -0.3 is 5.73 Å². The van der Waals surface area contributed by atoms with Crippen molar-refractivity contribution in [2.75, 3.05) is 6.54 Å². The molecule has 0 aromatic heterocycles. The Kier molecular flexibility index (Phi) is 7.73. The minimum atomic E-state index is -0.124. The van der Waals surface area contributed by atoms with Crippen molar-refractivity contribution in [2.45, 2.75) is 58.3 Å². The van der Waals surface area contributed by atoms with E-state index in [2.05, 4.69) is 19.9 Å². The first kappa shape index (κ1) is 16.2. The van der Waals surface area contributed by atoms with E-state index in [0.29, 0.717) is 11.8 Å². The minimum Gasteiger partial charge on any atom is -0.330 e. The number of hydrogen-bond acceptors (Lipinski definition) is 1. The van der Waals surface area contributed by atoms with E-state index in [1.54, 1.807) is 6.07 Å². The molecule has 0 heterocycles. The minimum absolute atomic E-state index is 0.124. The smallest absolute Gasteiger partial charge is 0.123 e. The molecule has 2 heteroatoms. The Morgan fingerprint density at radius 3 is 2.53 bits per heavy atom. The summed E-state index contributed by atoms with van der Waals surface area (Å²) in [5.74, 6) is 0.977. The van der Waals surface area contributed by atoms with Crippen molar-refractivity contribution in [1.82, 2.24) is 0 Å². The Labute approximate surface area is 117 Å². The average Bonchev–Trinajstić information content (AvgIpc) is 2.42. The molecule has 108 valence electrons. The molecular formula is C17H28FN. The van der Waals surface area contributed by atoms with Gasteiger partial charge in [0, 0.05) is 0 Å². The molecule has 0 aliphatic rings. The molecule has 0 saturated heterocycles. The fraction of sp³-hybridized carbons (Fsp3) is 0.647. The Hall–Kier alpha value is -0.890. The van der Waals surface area contributed by atoms with Crippen molar-refractivity contribution in [3.63, 3.8) is 0 Å². The lowest BCUT2D eigenvalue weighted by molar-refractivity contribution is 0.351. The summed E-state index contributed by atoms with van der Waals surface area (Å²) in [7, 11) is 0. The summed E-state index contributed by atoms with van der Waals surface area (Å²) in [5.41, 5.74) is 6.80. The zero-order valence-corrected chi connectivity index (χ0v) is 12.4. The van der Waals surface area contributed by atoms with Crippen LogP contribution in [0.3, 0.4) is 0 Å². The third kappa shape index (κ3) is 5.32. The van der Waals surface area contributed by atoms with E-state index in [9.17, 15) is 4.39 Å². The molecule has 0 radical (unpaired) electrons. The predicted octanol–water partition coefficient (Wildman–Crippen LogP) is 4.86. The number of nitrogens with two attached hydrogens (primary N) is 1. The number of hydrogen-bond donors (Lipinski definition) is 1. The fourth-order valence-electron chi connectivity index (χ4n) is 2.91. The normalized spacial score (nSPS) is 14.3. The maximum absolute atomic E-state index is 13.4. The average molecular weight is 265 g/mol. The van der Waals surface area contributed by atoms with E-state index in [4.69, 9.17) is 5.73 Å². The highest BCUT2D eigenvalue weighted by atomic mass is 19.1. The molecule has 0 fully saturated rings. The number of rotatable bonds is 9. The predicted molar refractivity (Wildman–Crippen MR) is 80.7 cm³/mol. The van der Waals surface area contributed by atoms with E-state index >= 15 is 0 Å². The van der Waals surface area contributed by atoms with Crippen LogP contribution in [0, 0.1) is 11.7 Å². The number of halogens is 1. The van der Waals surface area contributed by atoms with Gasteiger partial charge in [0.25, 0.3) is 0 Å². The van der Waals surface area contributed by atoms with Gasteiger partial charge in [0.1, 0.15) is 5.82 Å². The first-order valence-corrected chi connectivity index (χ1v) is 7.68. The van der Waals surface area contributed by atoms with Gasteiger partial charge in [-0.05, 0) is 55.3 Å². The van der Waals surface area contributed by atoms with Crippen molar-refractivity contribution in [3.8, 4) is 0 Å². The molecule has 0 bridgehead atoms. The third-order valence-corrected chi connectivity index (χ3v) is 4.02. The van der Waals surface area contributed by atoms with Gasteiger partial charge in [0.05, 0.1) is 0 Å². The summed E-state index contributed by atoms with van der Waals surface area (Å²) < 4.78 is 13.4. The standard InChI is InChI=1S/C17H28FN/c1-3-5-8-14(4-2)17(11-7-12-19)15-9-6-10-16(18)13-15/h6,9-10,13-14,17H,3-5,7-8,11-12,19H2,1-2H3/t14-,17?/m0/s1. The number of benzene rings is 1. The van der Waals surface area contributed by atoms with Crippen LogP contribution in [0.1, 0.15) is 63.9 Å². The van der Waals surface area contributed by atoms with E-state index in [-0.39, 0.29) is 5.82 Å². The van der Waals surface area contributed by atoms with Crippen LogP contribution >= 0.6 is 0 Å². The molecule has 1 unspecified atom stereocenters. The topological polar surface area (TPSA) is 26.0 Å². The van der Waals surface area contributed by atoms with Gasteiger partial charge in [0.2, 0.25) is 0 Å². The number of unbranched alkanes of at least 4 members (excludes halogenated alkanes) is 1. The summed E-state index contributed by atoms with van der Waals surface area (Å²) in [6.45, 7) is 5.19. The third-order valence-electron chi connectivity index (χ3n) is 4.02. The maximum atomic E-state index is 13.4. The molecule has 0 spiro atoms. The molecule has 2 N–H and O–H groups in total. The van der Waals surface area contributed by atoms with Crippen LogP contribution in [-0.4, -0.2) is 6.54 Å². The van der Waals surface area contributed by atoms with Crippen LogP contribution in [0.25, 0.3) is 0 Å². The quantitative estimate of drug-likeness (QED) is 0.677. The summed E-state index contributed by atoms with van der Waals surface area (Å²) in [6.07, 6.45) is 6.96. The summed E-state index contributed by atoms with van der Waals surface area (Å²) in [5, 5.41) is 0. The zero-order valence-electron chi connectivity index (χ0n) is 12.4. The molecule has 1 rings (SSSR count). The SMILES string of the molecule is CCCC[C@H](CC)C(CCCN)c1cccc(F)c1. The lowest BCUT2D eigenvalue weighted by atomic mass is 9.78. The first-order valence-electron chi connectivity index (χ1n) is 7.68. The van der Waals surface area contributed by atoms with Crippen LogP contribution in [-0.2, 0) is 0 Å². The van der Waals surface area contributed by atoms with Gasteiger partial charge in [-0.2, -0.15) is 0 Å². The van der Waals surface area contributed by atoms with E-state index in [0.717, 1.165) is 31.4 Å². The second-order valence-electron chi connectivity index (χ2n) is 5.40. The van der Waals surface area contributed by atoms with E-state index in [1.165, 1.54) is 25.3 Å². The molecule has 0 aliphatic carbocycles. The molecule has 0 saturated carbocycles. The second kappa shape index (κ2) is 9.08. The van der Waals surface area contributed by atoms with Gasteiger partial charge >= 0.3 is 0 Å². The van der Waals surface area contributed by atoms with E-state index < -0.39 is 0 Å². The first-order chi connectivity index (χ1) is 9.22. The van der Waals surface area contributed by atoms with Crippen LogP contribution in [0.2, 0.25) is 0 Å². The second-order valence-corrected chi connectivity index (χ2v) is 5.40. The summed E-state index contributed by atoms with van der Waals surface area (Å²) in [6, 6.07) is 7.12. The van der Waals surface area contributed by atoms with Crippen molar-refractivity contribution < 1.29 is 4.39 Å². The molecule has 0 aliphatic heterocycles. The van der Waals surface area contributed by atoms with Gasteiger partial charge in [-0.3, -0.25) is 0 Å². The van der Waals surface area contributed by atoms with Gasteiger partial charge in [-0.1, -0.05) is 45.2 Å². The van der Waals surface area contributed by atoms with Crippen molar-refractivity contribution in [2.24, 2.45) is 11.7 Å². The fourth-order valence-corrected chi connectivity index (χ4v) is 2.91. The molecule has 19 heavy (non-hydrogen) atoms. The maximum Gasteiger partial charge on any atom is 0.123 e. The van der Waals surface area contributed by atoms with Crippen molar-refractivity contribution >= 4 is 0 Å². The lowest BCUT2D eigenvalue weighted by Crippen LogP contribution is -2.15. The van der Waals surface area contributed by atoms with Gasteiger partial charge in [0.15, 0.2) is 0 Å². The monoisotopic (exact) mass is 265 g/mol. The van der Waals surface area contributed by atoms with Crippen molar-refractivity contribution in [3.05, 3.63) is 35.6 Å². The molecule has 2 atom stereocenters. The Balaban J connectivity index is 2.85. The summed E-state index contributed by atoms with van der Waals surface area (Å²) in [4.78, 5) is 0. The van der Waals surface area contributed by atoms with Gasteiger partial charge in [-0.15, -0.1) is 0 Å². The van der Waals surface area contributed by atoms with Crippen LogP contribution < -0.4 is 5.73 Å². The molecular weight excluding hydrogens is 237 g/mol. The summed E-state index contributed by atoms with van der Waals surface area (Å²) >= 11 is 0. The molecule has 1 nitrogen and oxygen atoms in total.